The lowest BCUT2D eigenvalue weighted by molar-refractivity contribution is 0.444. The molecule has 44 heavy (non-hydrogen) atoms. The van der Waals surface area contributed by atoms with E-state index in [1.165, 1.54) is 5.56 Å². The summed E-state index contributed by atoms with van der Waals surface area (Å²) in [5.74, 6) is 0.922. The zero-order valence-electron chi connectivity index (χ0n) is 28.8. The second-order valence-electron chi connectivity index (χ2n) is 16.3. The van der Waals surface area contributed by atoms with Crippen LogP contribution in [0, 0.1) is 0 Å². The van der Waals surface area contributed by atoms with Crippen molar-refractivity contribution in [2.45, 2.75) is 110 Å². The topological polar surface area (TPSA) is 60.7 Å². The van der Waals surface area contributed by atoms with Crippen molar-refractivity contribution >= 4 is 0 Å². The Hall–Kier alpha value is -3.72. The van der Waals surface area contributed by atoms with Crippen molar-refractivity contribution in [1.82, 2.24) is 0 Å². The van der Waals surface area contributed by atoms with Crippen molar-refractivity contribution in [3.63, 3.8) is 0 Å². The predicted molar refractivity (Wildman–Crippen MR) is 185 cm³/mol. The Labute approximate surface area is 265 Å². The Kier molecular flexibility index (Phi) is 8.31. The molecule has 0 atom stereocenters. The average Bonchev–Trinajstić information content (AvgIpc) is 2.91. The molecule has 4 aromatic rings. The van der Waals surface area contributed by atoms with E-state index >= 15 is 0 Å². The van der Waals surface area contributed by atoms with Crippen LogP contribution in [0.15, 0.2) is 78.9 Å². The number of phenolic OH excluding ortho intramolecular Hbond substituents is 3. The van der Waals surface area contributed by atoms with Crippen LogP contribution < -0.4 is 0 Å². The van der Waals surface area contributed by atoms with Crippen molar-refractivity contribution in [2.24, 2.45) is 0 Å². The summed E-state index contributed by atoms with van der Waals surface area (Å²) in [5.41, 5.74) is 6.82. The van der Waals surface area contributed by atoms with Crippen LogP contribution in [0.2, 0.25) is 0 Å². The molecule has 4 rings (SSSR count). The van der Waals surface area contributed by atoms with Gasteiger partial charge in [0.2, 0.25) is 0 Å². The van der Waals surface area contributed by atoms with Crippen LogP contribution in [0.3, 0.4) is 0 Å². The van der Waals surface area contributed by atoms with Crippen LogP contribution >= 0.6 is 0 Å². The van der Waals surface area contributed by atoms with Gasteiger partial charge in [0, 0.05) is 10.8 Å². The Balaban J connectivity index is 1.92. The van der Waals surface area contributed by atoms with Crippen molar-refractivity contribution in [3.8, 4) is 17.2 Å². The van der Waals surface area contributed by atoms with Gasteiger partial charge in [-0.1, -0.05) is 137 Å². The number of rotatable bonds is 5. The number of hydrogen-bond donors (Lipinski definition) is 3. The van der Waals surface area contributed by atoms with Crippen molar-refractivity contribution in [2.75, 3.05) is 0 Å². The zero-order chi connectivity index (χ0) is 33.0. The number of hydrogen-bond acceptors (Lipinski definition) is 3. The molecule has 0 saturated carbocycles. The van der Waals surface area contributed by atoms with E-state index in [0.29, 0.717) is 17.2 Å². The van der Waals surface area contributed by atoms with Crippen LogP contribution in [-0.4, -0.2) is 15.3 Å². The Morgan fingerprint density at radius 2 is 0.614 bits per heavy atom. The molecule has 0 radical (unpaired) electrons. The zero-order valence-corrected chi connectivity index (χ0v) is 28.8. The van der Waals surface area contributed by atoms with Gasteiger partial charge in [-0.3, -0.25) is 0 Å². The van der Waals surface area contributed by atoms with E-state index in [1.54, 1.807) is 0 Å². The average molecular weight is 593 g/mol. The van der Waals surface area contributed by atoms with Gasteiger partial charge in [-0.05, 0) is 85.9 Å². The lowest BCUT2D eigenvalue weighted by Crippen LogP contribution is -2.28. The third-order valence-corrected chi connectivity index (χ3v) is 9.47. The maximum atomic E-state index is 10.8. The monoisotopic (exact) mass is 592 g/mol. The Bertz CT molecular complexity index is 1590. The standard InChI is InChI=1S/C41H52O3/c1-37(2,3)31-23-28(17-20-34(31)42)40(10,11)26-13-15-27(16-14-26)41(12,29-18-21-35(43)32(24-29)38(4,5)6)30-19-22-36(44)33(25-30)39(7,8)9/h13-25,42-44H,1-12H3. The van der Waals surface area contributed by atoms with Crippen molar-refractivity contribution in [3.05, 3.63) is 123 Å². The molecule has 4 aromatic carbocycles. The summed E-state index contributed by atoms with van der Waals surface area (Å²) in [4.78, 5) is 0. The van der Waals surface area contributed by atoms with Gasteiger partial charge < -0.3 is 15.3 Å². The van der Waals surface area contributed by atoms with Crippen molar-refractivity contribution < 1.29 is 15.3 Å². The van der Waals surface area contributed by atoms with Gasteiger partial charge >= 0.3 is 0 Å². The minimum atomic E-state index is -0.567. The van der Waals surface area contributed by atoms with Gasteiger partial charge in [0.15, 0.2) is 0 Å². The first-order valence-electron chi connectivity index (χ1n) is 15.7. The van der Waals surface area contributed by atoms with Gasteiger partial charge in [0.05, 0.1) is 0 Å². The third-order valence-electron chi connectivity index (χ3n) is 9.47. The first-order valence-corrected chi connectivity index (χ1v) is 15.7. The lowest BCUT2D eigenvalue weighted by Gasteiger charge is -2.35. The molecular formula is C41H52O3. The summed E-state index contributed by atoms with van der Waals surface area (Å²) >= 11 is 0. The molecule has 3 heteroatoms. The van der Waals surface area contributed by atoms with Crippen LogP contribution in [0.1, 0.15) is 128 Å². The molecule has 3 nitrogen and oxygen atoms in total. The van der Waals surface area contributed by atoms with E-state index in [4.69, 9.17) is 0 Å². The molecule has 0 aliphatic heterocycles. The largest absolute Gasteiger partial charge is 0.508 e. The van der Waals surface area contributed by atoms with Gasteiger partial charge in [0.25, 0.3) is 0 Å². The molecular weight excluding hydrogens is 540 g/mol. The fourth-order valence-corrected chi connectivity index (χ4v) is 6.31. The molecule has 0 spiro atoms. The summed E-state index contributed by atoms with van der Waals surface area (Å²) < 4.78 is 0. The van der Waals surface area contributed by atoms with Crippen molar-refractivity contribution in [1.29, 1.82) is 0 Å². The highest BCUT2D eigenvalue weighted by Gasteiger charge is 2.35. The fraction of sp³-hybridized carbons (Fsp3) is 0.415. The summed E-state index contributed by atoms with van der Waals surface area (Å²) in [5, 5.41) is 32.3. The summed E-state index contributed by atoms with van der Waals surface area (Å²) in [7, 11) is 0. The minimum absolute atomic E-state index is 0.173. The molecule has 0 aliphatic rings. The van der Waals surface area contributed by atoms with Gasteiger partial charge in [-0.15, -0.1) is 0 Å². The van der Waals surface area contributed by atoms with Crippen LogP contribution in [0.25, 0.3) is 0 Å². The molecule has 0 fully saturated rings. The molecule has 0 aromatic heterocycles. The van der Waals surface area contributed by atoms with E-state index in [0.717, 1.165) is 38.9 Å². The number of aromatic hydroxyl groups is 3. The Morgan fingerprint density at radius 1 is 0.341 bits per heavy atom. The second-order valence-corrected chi connectivity index (χ2v) is 16.3. The first-order chi connectivity index (χ1) is 20.1. The number of phenols is 3. The molecule has 234 valence electrons. The highest BCUT2D eigenvalue weighted by atomic mass is 16.3. The third kappa shape index (κ3) is 6.11. The minimum Gasteiger partial charge on any atom is -0.508 e. The van der Waals surface area contributed by atoms with Crippen LogP contribution in [0.5, 0.6) is 17.2 Å². The van der Waals surface area contributed by atoms with E-state index in [-0.39, 0.29) is 21.7 Å². The lowest BCUT2D eigenvalue weighted by atomic mass is 9.68. The first kappa shape index (κ1) is 33.2. The summed E-state index contributed by atoms with van der Waals surface area (Å²) in [6.45, 7) is 25.8. The summed E-state index contributed by atoms with van der Waals surface area (Å²) in [6.07, 6.45) is 0. The highest BCUT2D eigenvalue weighted by Crippen LogP contribution is 2.45. The molecule has 3 N–H and O–H groups in total. The normalized spacial score (nSPS) is 13.3. The molecule has 0 aliphatic carbocycles. The van der Waals surface area contributed by atoms with Gasteiger partial charge in [-0.25, -0.2) is 0 Å². The number of benzene rings is 4. The molecule has 0 heterocycles. The fourth-order valence-electron chi connectivity index (χ4n) is 6.31. The smallest absolute Gasteiger partial charge is 0.119 e. The van der Waals surface area contributed by atoms with Gasteiger partial charge in [-0.2, -0.15) is 0 Å². The molecule has 0 unspecified atom stereocenters. The quantitative estimate of drug-likeness (QED) is 0.202. The summed E-state index contributed by atoms with van der Waals surface area (Å²) in [6, 6.07) is 26.8. The Morgan fingerprint density at radius 3 is 0.955 bits per heavy atom. The molecule has 0 amide bonds. The van der Waals surface area contributed by atoms with E-state index in [9.17, 15) is 15.3 Å². The second kappa shape index (κ2) is 11.0. The predicted octanol–water partition coefficient (Wildman–Crippen LogP) is 10.4. The molecule has 0 saturated heterocycles. The van der Waals surface area contributed by atoms with E-state index in [2.05, 4.69) is 126 Å². The van der Waals surface area contributed by atoms with Crippen LogP contribution in [0.4, 0.5) is 0 Å². The maximum Gasteiger partial charge on any atom is 0.119 e. The molecule has 0 bridgehead atoms. The SMILES string of the molecule is CC(C)(C)c1cc(C(C)(C)c2ccc(C(C)(c3ccc(O)c(C(C)(C)C)c3)c3ccc(O)c(C(C)(C)C)c3)cc2)ccc1O. The van der Waals surface area contributed by atoms with Gasteiger partial charge in [0.1, 0.15) is 17.2 Å². The van der Waals surface area contributed by atoms with E-state index in [1.807, 2.05) is 36.4 Å². The van der Waals surface area contributed by atoms with E-state index < -0.39 is 5.41 Å². The highest BCUT2D eigenvalue weighted by molar-refractivity contribution is 5.57. The van der Waals surface area contributed by atoms with Crippen LogP contribution in [-0.2, 0) is 27.1 Å². The maximum absolute atomic E-state index is 10.8.